The summed E-state index contributed by atoms with van der Waals surface area (Å²) in [5.41, 5.74) is 2.41. The second kappa shape index (κ2) is 6.61. The minimum absolute atomic E-state index is 0.0535. The van der Waals surface area contributed by atoms with Gasteiger partial charge in [0.05, 0.1) is 10.6 Å². The van der Waals surface area contributed by atoms with E-state index in [0.717, 1.165) is 27.1 Å². The number of nitrogens with zero attached hydrogens (tertiary/aromatic N) is 5. The van der Waals surface area contributed by atoms with Gasteiger partial charge in [0.1, 0.15) is 5.65 Å². The number of thiophene rings is 1. The lowest BCUT2D eigenvalue weighted by Crippen LogP contribution is -2.15. The Morgan fingerprint density at radius 2 is 2.15 bits per heavy atom. The van der Waals surface area contributed by atoms with E-state index in [9.17, 15) is 4.79 Å². The van der Waals surface area contributed by atoms with Crippen LogP contribution in [0.3, 0.4) is 0 Å². The minimum Gasteiger partial charge on any atom is -0.298 e. The number of pyridine rings is 1. The Kier molecular flexibility index (Phi) is 4.09. The standard InChI is InChI=1S/C19H17N5OS2/c1-12-4-7-16-20-13(9-17(25)23(16)10-12)11-27-19-22-21-18(15-3-2-8-26-15)24(19)14-5-6-14/h2-4,7-10,14H,5-6,11H2,1H3. The van der Waals surface area contributed by atoms with Crippen LogP contribution in [0.5, 0.6) is 0 Å². The minimum atomic E-state index is -0.0535. The largest absolute Gasteiger partial charge is 0.298 e. The molecule has 5 rings (SSSR count). The van der Waals surface area contributed by atoms with Crippen molar-refractivity contribution in [1.82, 2.24) is 24.1 Å². The fourth-order valence-corrected chi connectivity index (χ4v) is 4.69. The predicted molar refractivity (Wildman–Crippen MR) is 107 cm³/mol. The molecule has 4 aromatic rings. The summed E-state index contributed by atoms with van der Waals surface area (Å²) in [6.45, 7) is 1.96. The molecule has 0 aromatic carbocycles. The highest BCUT2D eigenvalue weighted by molar-refractivity contribution is 7.98. The molecule has 0 radical (unpaired) electrons. The number of hydrogen-bond acceptors (Lipinski definition) is 6. The summed E-state index contributed by atoms with van der Waals surface area (Å²) in [6.07, 6.45) is 4.15. The lowest BCUT2D eigenvalue weighted by molar-refractivity contribution is 0.670. The molecule has 1 aliphatic rings. The van der Waals surface area contributed by atoms with E-state index >= 15 is 0 Å². The molecule has 8 heteroatoms. The predicted octanol–water partition coefficient (Wildman–Crippen LogP) is 3.95. The van der Waals surface area contributed by atoms with Gasteiger partial charge in [-0.1, -0.05) is 23.9 Å². The van der Waals surface area contributed by atoms with Crippen LogP contribution in [0, 0.1) is 6.92 Å². The molecule has 1 aliphatic carbocycles. The van der Waals surface area contributed by atoms with Crippen LogP contribution >= 0.6 is 23.1 Å². The highest BCUT2D eigenvalue weighted by atomic mass is 32.2. The highest BCUT2D eigenvalue weighted by Crippen LogP contribution is 2.42. The first-order chi connectivity index (χ1) is 13.2. The topological polar surface area (TPSA) is 65.1 Å². The second-order valence-corrected chi connectivity index (χ2v) is 8.58. The molecular weight excluding hydrogens is 378 g/mol. The van der Waals surface area contributed by atoms with Crippen LogP contribution in [0.25, 0.3) is 16.3 Å². The third-order valence-electron chi connectivity index (χ3n) is 4.53. The van der Waals surface area contributed by atoms with E-state index in [1.807, 2.05) is 31.3 Å². The van der Waals surface area contributed by atoms with Gasteiger partial charge < -0.3 is 0 Å². The van der Waals surface area contributed by atoms with Crippen LogP contribution in [0.4, 0.5) is 0 Å². The van der Waals surface area contributed by atoms with E-state index in [2.05, 4.69) is 31.2 Å². The summed E-state index contributed by atoms with van der Waals surface area (Å²) in [5.74, 6) is 1.53. The van der Waals surface area contributed by atoms with Crippen molar-refractivity contribution < 1.29 is 0 Å². The Hall–Kier alpha value is -2.45. The van der Waals surface area contributed by atoms with Crippen LogP contribution < -0.4 is 5.56 Å². The molecular formula is C19H17N5OS2. The first-order valence-electron chi connectivity index (χ1n) is 8.79. The molecule has 0 aliphatic heterocycles. The van der Waals surface area contributed by atoms with Crippen LogP contribution in [0.15, 0.2) is 51.9 Å². The zero-order valence-electron chi connectivity index (χ0n) is 14.7. The van der Waals surface area contributed by atoms with Gasteiger partial charge in [-0.05, 0) is 42.8 Å². The molecule has 0 N–H and O–H groups in total. The number of thioether (sulfide) groups is 1. The highest BCUT2D eigenvalue weighted by Gasteiger charge is 2.30. The summed E-state index contributed by atoms with van der Waals surface area (Å²) in [5, 5.41) is 11.8. The zero-order valence-corrected chi connectivity index (χ0v) is 16.3. The molecule has 4 aromatic heterocycles. The van der Waals surface area contributed by atoms with E-state index in [4.69, 9.17) is 0 Å². The maximum atomic E-state index is 12.4. The van der Waals surface area contributed by atoms with E-state index in [0.29, 0.717) is 17.4 Å². The van der Waals surface area contributed by atoms with Gasteiger partial charge in [-0.2, -0.15) is 0 Å². The Balaban J connectivity index is 1.44. The molecule has 6 nitrogen and oxygen atoms in total. The van der Waals surface area contributed by atoms with Gasteiger partial charge in [0.25, 0.3) is 5.56 Å². The third kappa shape index (κ3) is 3.19. The SMILES string of the molecule is Cc1ccc2nc(CSc3nnc(-c4cccs4)n3C3CC3)cc(=O)n2c1. The molecule has 0 amide bonds. The summed E-state index contributed by atoms with van der Waals surface area (Å²) in [6, 6.07) is 10.1. The van der Waals surface area contributed by atoms with Gasteiger partial charge in [0.2, 0.25) is 0 Å². The molecule has 1 fully saturated rings. The van der Waals surface area contributed by atoms with Gasteiger partial charge in [-0.3, -0.25) is 13.8 Å². The Labute approximate surface area is 163 Å². The Morgan fingerprint density at radius 1 is 1.26 bits per heavy atom. The first kappa shape index (κ1) is 16.7. The summed E-state index contributed by atoms with van der Waals surface area (Å²) in [4.78, 5) is 18.2. The van der Waals surface area contributed by atoms with Crippen molar-refractivity contribution in [2.45, 2.75) is 36.7 Å². The fourth-order valence-electron chi connectivity index (χ4n) is 3.08. The van der Waals surface area contributed by atoms with Crippen LogP contribution in [-0.4, -0.2) is 24.1 Å². The number of aromatic nitrogens is 5. The quantitative estimate of drug-likeness (QED) is 0.479. The molecule has 0 bridgehead atoms. The average molecular weight is 396 g/mol. The maximum Gasteiger partial charge on any atom is 0.258 e. The van der Waals surface area contributed by atoms with Crippen molar-refractivity contribution in [3.8, 4) is 10.7 Å². The van der Waals surface area contributed by atoms with E-state index in [1.54, 1.807) is 33.6 Å². The van der Waals surface area contributed by atoms with Gasteiger partial charge >= 0.3 is 0 Å². The molecule has 0 saturated heterocycles. The van der Waals surface area contributed by atoms with E-state index < -0.39 is 0 Å². The normalized spacial score (nSPS) is 14.1. The molecule has 1 saturated carbocycles. The fraction of sp³-hybridized carbons (Fsp3) is 0.263. The zero-order chi connectivity index (χ0) is 18.4. The number of rotatable bonds is 5. The lowest BCUT2D eigenvalue weighted by Gasteiger charge is -2.08. The van der Waals surface area contributed by atoms with Crippen molar-refractivity contribution in [2.75, 3.05) is 0 Å². The van der Waals surface area contributed by atoms with E-state index in [1.165, 1.54) is 12.8 Å². The summed E-state index contributed by atoms with van der Waals surface area (Å²) >= 11 is 3.27. The van der Waals surface area contributed by atoms with Gasteiger partial charge in [-0.15, -0.1) is 21.5 Å². The molecule has 0 unspecified atom stereocenters. The monoisotopic (exact) mass is 395 g/mol. The lowest BCUT2D eigenvalue weighted by atomic mass is 10.3. The van der Waals surface area contributed by atoms with Crippen molar-refractivity contribution >= 4 is 28.7 Å². The molecule has 27 heavy (non-hydrogen) atoms. The Bertz CT molecular complexity index is 1170. The van der Waals surface area contributed by atoms with Gasteiger partial charge in [0.15, 0.2) is 11.0 Å². The molecule has 4 heterocycles. The molecule has 136 valence electrons. The van der Waals surface area contributed by atoms with Crippen molar-refractivity contribution in [3.05, 3.63) is 63.5 Å². The first-order valence-corrected chi connectivity index (χ1v) is 10.7. The van der Waals surface area contributed by atoms with Crippen molar-refractivity contribution in [3.63, 3.8) is 0 Å². The van der Waals surface area contributed by atoms with Gasteiger partial charge in [-0.25, -0.2) is 4.98 Å². The van der Waals surface area contributed by atoms with E-state index in [-0.39, 0.29) is 5.56 Å². The molecule has 0 atom stereocenters. The Morgan fingerprint density at radius 3 is 2.93 bits per heavy atom. The average Bonchev–Trinajstić information content (AvgIpc) is 3.18. The van der Waals surface area contributed by atoms with Gasteiger partial charge in [0, 0.05) is 24.1 Å². The van der Waals surface area contributed by atoms with Crippen molar-refractivity contribution in [2.24, 2.45) is 0 Å². The van der Waals surface area contributed by atoms with Crippen molar-refractivity contribution in [1.29, 1.82) is 0 Å². The van der Waals surface area contributed by atoms with Crippen LogP contribution in [-0.2, 0) is 5.75 Å². The van der Waals surface area contributed by atoms with Crippen LogP contribution in [0.2, 0.25) is 0 Å². The molecule has 0 spiro atoms. The summed E-state index contributed by atoms with van der Waals surface area (Å²) in [7, 11) is 0. The number of aryl methyl sites for hydroxylation is 1. The van der Waals surface area contributed by atoms with Crippen LogP contribution in [0.1, 0.15) is 30.1 Å². The smallest absolute Gasteiger partial charge is 0.258 e. The number of fused-ring (bicyclic) bond motifs is 1. The second-order valence-electron chi connectivity index (χ2n) is 6.69. The maximum absolute atomic E-state index is 12.4. The summed E-state index contributed by atoms with van der Waals surface area (Å²) < 4.78 is 3.83. The third-order valence-corrected chi connectivity index (χ3v) is 6.37. The number of hydrogen-bond donors (Lipinski definition) is 0.